The maximum absolute atomic E-state index is 14.2. The van der Waals surface area contributed by atoms with Crippen molar-refractivity contribution in [1.82, 2.24) is 10.2 Å². The van der Waals surface area contributed by atoms with Gasteiger partial charge < -0.3 is 10.2 Å². The number of hydrogen-bond acceptors (Lipinski definition) is 2. The fourth-order valence-corrected chi connectivity index (χ4v) is 3.14. The number of carbonyl (C=O) groups is 2. The molecule has 0 aliphatic heterocycles. The van der Waals surface area contributed by atoms with E-state index >= 15 is 0 Å². The Morgan fingerprint density at radius 2 is 1.76 bits per heavy atom. The van der Waals surface area contributed by atoms with Crippen molar-refractivity contribution in [3.63, 3.8) is 0 Å². The molecule has 0 saturated heterocycles. The maximum Gasteiger partial charge on any atom is 0.242 e. The Bertz CT molecular complexity index is 838. The summed E-state index contributed by atoms with van der Waals surface area (Å²) in [6.45, 7) is 5.72. The van der Waals surface area contributed by atoms with Crippen molar-refractivity contribution in [2.75, 3.05) is 0 Å². The molecule has 1 N–H and O–H groups in total. The van der Waals surface area contributed by atoms with Gasteiger partial charge in [0.1, 0.15) is 11.9 Å². The molecule has 0 bridgehead atoms. The van der Waals surface area contributed by atoms with Crippen molar-refractivity contribution in [3.8, 4) is 0 Å². The molecular formula is C22H25Cl2FN2O2. The molecule has 2 aromatic carbocycles. The molecule has 0 saturated carbocycles. The van der Waals surface area contributed by atoms with Gasteiger partial charge in [-0.2, -0.15) is 0 Å². The lowest BCUT2D eigenvalue weighted by Crippen LogP contribution is -2.50. The Balaban J connectivity index is 2.28. The second kappa shape index (κ2) is 10.6. The molecule has 2 aromatic rings. The zero-order valence-electron chi connectivity index (χ0n) is 16.7. The van der Waals surface area contributed by atoms with E-state index in [-0.39, 0.29) is 35.5 Å². The first-order chi connectivity index (χ1) is 13.7. The first-order valence-electron chi connectivity index (χ1n) is 9.50. The van der Waals surface area contributed by atoms with Gasteiger partial charge in [-0.15, -0.1) is 0 Å². The molecule has 2 rings (SSSR count). The fourth-order valence-electron chi connectivity index (χ4n) is 2.79. The quantitative estimate of drug-likeness (QED) is 0.629. The summed E-state index contributed by atoms with van der Waals surface area (Å²) in [6, 6.07) is 10.5. The number of rotatable bonds is 8. The third-order valence-electron chi connectivity index (χ3n) is 4.82. The Labute approximate surface area is 181 Å². The van der Waals surface area contributed by atoms with E-state index in [4.69, 9.17) is 23.2 Å². The minimum Gasteiger partial charge on any atom is -0.352 e. The van der Waals surface area contributed by atoms with E-state index < -0.39 is 17.8 Å². The summed E-state index contributed by atoms with van der Waals surface area (Å²) in [5.41, 5.74) is 0.931. The number of hydrogen-bond donors (Lipinski definition) is 1. The molecule has 4 nitrogen and oxygen atoms in total. The molecule has 29 heavy (non-hydrogen) atoms. The Kier molecular flexibility index (Phi) is 8.47. The molecule has 0 fully saturated rings. The van der Waals surface area contributed by atoms with Gasteiger partial charge in [0.25, 0.3) is 0 Å². The van der Waals surface area contributed by atoms with Crippen LogP contribution in [0.2, 0.25) is 10.0 Å². The molecule has 0 aliphatic rings. The number of benzene rings is 2. The molecule has 0 heterocycles. The van der Waals surface area contributed by atoms with Crippen LogP contribution in [0.3, 0.4) is 0 Å². The molecule has 2 atom stereocenters. The minimum absolute atomic E-state index is 0.0153. The highest BCUT2D eigenvalue weighted by Gasteiger charge is 2.28. The second-order valence-electron chi connectivity index (χ2n) is 7.02. The van der Waals surface area contributed by atoms with E-state index in [1.54, 1.807) is 31.2 Å². The minimum atomic E-state index is -0.738. The van der Waals surface area contributed by atoms with Gasteiger partial charge in [0.15, 0.2) is 0 Å². The molecule has 156 valence electrons. The van der Waals surface area contributed by atoms with Crippen molar-refractivity contribution in [2.24, 2.45) is 0 Å². The zero-order chi connectivity index (χ0) is 21.6. The van der Waals surface area contributed by atoms with Gasteiger partial charge in [0.05, 0.1) is 6.42 Å². The van der Waals surface area contributed by atoms with Crippen LogP contribution in [0.5, 0.6) is 0 Å². The highest BCUT2D eigenvalue weighted by atomic mass is 35.5. The van der Waals surface area contributed by atoms with Crippen LogP contribution in [0.4, 0.5) is 4.39 Å². The molecule has 2 unspecified atom stereocenters. The van der Waals surface area contributed by atoms with E-state index in [9.17, 15) is 14.0 Å². The number of nitrogens with zero attached hydrogens (tertiary/aromatic N) is 1. The predicted molar refractivity (Wildman–Crippen MR) is 114 cm³/mol. The molecule has 0 aliphatic carbocycles. The van der Waals surface area contributed by atoms with Gasteiger partial charge >= 0.3 is 0 Å². The molecule has 0 aromatic heterocycles. The summed E-state index contributed by atoms with van der Waals surface area (Å²) in [4.78, 5) is 27.2. The smallest absolute Gasteiger partial charge is 0.242 e. The van der Waals surface area contributed by atoms with Crippen molar-refractivity contribution in [2.45, 2.75) is 52.2 Å². The number of amides is 2. The summed E-state index contributed by atoms with van der Waals surface area (Å²) < 4.78 is 14.2. The standard InChI is InChI=1S/C22H25Cl2FN2O2/c1-4-14(2)26-22(29)15(3)27(13-16-8-10-17(23)11-9-16)21(28)12-18-19(24)6-5-7-20(18)25/h5-11,14-15H,4,12-13H2,1-3H3,(H,26,29). The van der Waals surface area contributed by atoms with Crippen LogP contribution in [-0.4, -0.2) is 28.8 Å². The average Bonchev–Trinajstić information content (AvgIpc) is 2.69. The zero-order valence-corrected chi connectivity index (χ0v) is 18.2. The van der Waals surface area contributed by atoms with Gasteiger partial charge in [-0.3, -0.25) is 9.59 Å². The number of halogens is 3. The predicted octanol–water partition coefficient (Wildman–Crippen LogP) is 5.01. The van der Waals surface area contributed by atoms with E-state index in [0.29, 0.717) is 5.02 Å². The summed E-state index contributed by atoms with van der Waals surface area (Å²) in [6.07, 6.45) is 0.536. The van der Waals surface area contributed by atoms with Crippen molar-refractivity contribution >= 4 is 35.0 Å². The van der Waals surface area contributed by atoms with Crippen LogP contribution in [-0.2, 0) is 22.6 Å². The van der Waals surface area contributed by atoms with E-state index in [1.807, 2.05) is 13.8 Å². The lowest BCUT2D eigenvalue weighted by Gasteiger charge is -2.30. The monoisotopic (exact) mass is 438 g/mol. The maximum atomic E-state index is 14.2. The Morgan fingerprint density at radius 3 is 2.34 bits per heavy atom. The van der Waals surface area contributed by atoms with Crippen LogP contribution in [0.15, 0.2) is 42.5 Å². The lowest BCUT2D eigenvalue weighted by atomic mass is 10.1. The van der Waals surface area contributed by atoms with Crippen LogP contribution in [0.1, 0.15) is 38.3 Å². The molecule has 2 amide bonds. The van der Waals surface area contributed by atoms with Gasteiger partial charge in [-0.1, -0.05) is 48.3 Å². The van der Waals surface area contributed by atoms with Crippen LogP contribution < -0.4 is 5.32 Å². The van der Waals surface area contributed by atoms with E-state index in [0.717, 1.165) is 12.0 Å². The summed E-state index contributed by atoms with van der Waals surface area (Å²) >= 11 is 12.0. The average molecular weight is 439 g/mol. The number of carbonyl (C=O) groups excluding carboxylic acids is 2. The van der Waals surface area contributed by atoms with Gasteiger partial charge in [0.2, 0.25) is 11.8 Å². The van der Waals surface area contributed by atoms with Crippen molar-refractivity contribution < 1.29 is 14.0 Å². The molecule has 0 radical (unpaired) electrons. The third kappa shape index (κ3) is 6.44. The topological polar surface area (TPSA) is 49.4 Å². The largest absolute Gasteiger partial charge is 0.352 e. The lowest BCUT2D eigenvalue weighted by molar-refractivity contribution is -0.140. The van der Waals surface area contributed by atoms with Crippen molar-refractivity contribution in [1.29, 1.82) is 0 Å². The highest BCUT2D eigenvalue weighted by Crippen LogP contribution is 2.22. The SMILES string of the molecule is CCC(C)NC(=O)C(C)N(Cc1ccc(Cl)cc1)C(=O)Cc1c(F)cccc1Cl. The van der Waals surface area contributed by atoms with Crippen LogP contribution in [0, 0.1) is 5.82 Å². The van der Waals surface area contributed by atoms with Crippen molar-refractivity contribution in [3.05, 3.63) is 69.5 Å². The van der Waals surface area contributed by atoms with Crippen LogP contribution >= 0.6 is 23.2 Å². The van der Waals surface area contributed by atoms with Gasteiger partial charge in [-0.25, -0.2) is 4.39 Å². The van der Waals surface area contributed by atoms with Crippen LogP contribution in [0.25, 0.3) is 0 Å². The summed E-state index contributed by atoms with van der Waals surface area (Å²) in [5.74, 6) is -1.20. The highest BCUT2D eigenvalue weighted by molar-refractivity contribution is 6.31. The summed E-state index contributed by atoms with van der Waals surface area (Å²) in [5, 5.41) is 3.65. The van der Waals surface area contributed by atoms with Gasteiger partial charge in [-0.05, 0) is 50.1 Å². The second-order valence-corrected chi connectivity index (χ2v) is 7.86. The Hall–Kier alpha value is -2.11. The summed E-state index contributed by atoms with van der Waals surface area (Å²) in [7, 11) is 0. The number of nitrogens with one attached hydrogen (secondary N) is 1. The fraction of sp³-hybridized carbons (Fsp3) is 0.364. The molecule has 7 heteroatoms. The first kappa shape index (κ1) is 23.2. The third-order valence-corrected chi connectivity index (χ3v) is 5.43. The van der Waals surface area contributed by atoms with E-state index in [1.165, 1.54) is 23.1 Å². The first-order valence-corrected chi connectivity index (χ1v) is 10.3. The Morgan fingerprint density at radius 1 is 1.10 bits per heavy atom. The molecular weight excluding hydrogens is 414 g/mol. The normalized spacial score (nSPS) is 12.9. The van der Waals surface area contributed by atoms with E-state index in [2.05, 4.69) is 5.32 Å². The van der Waals surface area contributed by atoms with Gasteiger partial charge in [0, 0.05) is 28.2 Å². The molecule has 0 spiro atoms.